The van der Waals surface area contributed by atoms with Gasteiger partial charge < -0.3 is 20.4 Å². The van der Waals surface area contributed by atoms with E-state index < -0.39 is 60.4 Å². The van der Waals surface area contributed by atoms with Crippen LogP contribution in [-0.4, -0.2) is 71.5 Å². The van der Waals surface area contributed by atoms with Gasteiger partial charge in [0.1, 0.15) is 23.7 Å². The Morgan fingerprint density at radius 3 is 2.59 bits per heavy atom. The van der Waals surface area contributed by atoms with Crippen molar-refractivity contribution in [1.82, 2.24) is 20.5 Å². The van der Waals surface area contributed by atoms with E-state index in [1.165, 1.54) is 36.4 Å². The van der Waals surface area contributed by atoms with Crippen LogP contribution in [0.15, 0.2) is 48.5 Å². The second-order valence-corrected chi connectivity index (χ2v) is 12.7. The van der Waals surface area contributed by atoms with E-state index in [9.17, 15) is 41.1 Å². The highest BCUT2D eigenvalue weighted by molar-refractivity contribution is 5.99. The molecule has 2 N–H and O–H groups in total. The summed E-state index contributed by atoms with van der Waals surface area (Å²) in [5.41, 5.74) is 2.21. The number of alkyl halides is 4. The van der Waals surface area contributed by atoms with E-state index >= 15 is 0 Å². The van der Waals surface area contributed by atoms with Crippen LogP contribution in [0, 0.1) is 11.7 Å². The first-order chi connectivity index (χ1) is 23.3. The molecule has 3 aliphatic rings. The Hall–Kier alpha value is -4.88. The third kappa shape index (κ3) is 7.57. The highest BCUT2D eigenvalue weighted by Crippen LogP contribution is 2.37. The smallest absolute Gasteiger partial charge is 0.348 e. The first kappa shape index (κ1) is 34.0. The topological polar surface area (TPSA) is 112 Å². The summed E-state index contributed by atoms with van der Waals surface area (Å²) in [4.78, 5) is 57.7. The Morgan fingerprint density at radius 2 is 1.86 bits per heavy atom. The van der Waals surface area contributed by atoms with Crippen LogP contribution in [0.1, 0.15) is 65.8 Å². The highest BCUT2D eigenvalue weighted by Gasteiger charge is 2.44. The number of hydrogen-bond acceptors (Lipinski definition) is 5. The summed E-state index contributed by atoms with van der Waals surface area (Å²) in [7, 11) is 0. The number of carbonyl (C=O) groups excluding carboxylic acids is 4. The minimum absolute atomic E-state index is 0.0214. The predicted molar refractivity (Wildman–Crippen MR) is 171 cm³/mol. The van der Waals surface area contributed by atoms with Crippen LogP contribution in [0.25, 0.3) is 17.0 Å². The van der Waals surface area contributed by atoms with Crippen molar-refractivity contribution in [3.63, 3.8) is 0 Å². The van der Waals surface area contributed by atoms with Gasteiger partial charge in [-0.2, -0.15) is 13.2 Å². The van der Waals surface area contributed by atoms with Gasteiger partial charge in [-0.1, -0.05) is 18.2 Å². The van der Waals surface area contributed by atoms with Gasteiger partial charge in [0.25, 0.3) is 5.91 Å². The van der Waals surface area contributed by atoms with Gasteiger partial charge in [-0.3, -0.25) is 19.2 Å². The van der Waals surface area contributed by atoms with Gasteiger partial charge in [0.2, 0.25) is 11.8 Å². The lowest BCUT2D eigenvalue weighted by Gasteiger charge is -2.32. The molecular weight excluding hydrogens is 649 g/mol. The molecule has 258 valence electrons. The summed E-state index contributed by atoms with van der Waals surface area (Å²) in [6.07, 6.45) is -0.0882. The minimum atomic E-state index is -5.06. The molecule has 49 heavy (non-hydrogen) atoms. The number of hydrogen-bond donors (Lipinski definition) is 2. The fourth-order valence-electron chi connectivity index (χ4n) is 6.35. The molecule has 6 rings (SSSR count). The quantitative estimate of drug-likeness (QED) is 0.318. The van der Waals surface area contributed by atoms with Crippen molar-refractivity contribution in [2.24, 2.45) is 5.92 Å². The molecule has 3 atom stereocenters. The first-order valence-corrected chi connectivity index (χ1v) is 16.1. The van der Waals surface area contributed by atoms with Crippen molar-refractivity contribution in [3.8, 4) is 0 Å². The van der Waals surface area contributed by atoms with Gasteiger partial charge >= 0.3 is 12.1 Å². The summed E-state index contributed by atoms with van der Waals surface area (Å²) in [6, 6.07) is 8.02. The van der Waals surface area contributed by atoms with Crippen molar-refractivity contribution in [3.05, 3.63) is 76.7 Å². The zero-order chi connectivity index (χ0) is 35.0. The molecule has 1 aliphatic carbocycles. The lowest BCUT2D eigenvalue weighted by atomic mass is 9.92. The Morgan fingerprint density at radius 1 is 1.08 bits per heavy atom. The van der Waals surface area contributed by atoms with E-state index in [0.29, 0.717) is 46.4 Å². The van der Waals surface area contributed by atoms with Gasteiger partial charge in [-0.15, -0.1) is 0 Å². The molecule has 0 unspecified atom stereocenters. The summed E-state index contributed by atoms with van der Waals surface area (Å²) in [5.74, 6) is -4.10. The van der Waals surface area contributed by atoms with Gasteiger partial charge in [0.05, 0.1) is 24.6 Å². The van der Waals surface area contributed by atoms with Crippen LogP contribution in [0.5, 0.6) is 0 Å². The van der Waals surface area contributed by atoms with E-state index in [1.54, 1.807) is 13.0 Å². The lowest BCUT2D eigenvalue weighted by molar-refractivity contribution is -0.170. The summed E-state index contributed by atoms with van der Waals surface area (Å²) < 4.78 is 68.5. The molecule has 0 spiro atoms. The molecular formula is C35H34F5N5O4. The number of benzene rings is 2. The maximum atomic E-state index is 14.7. The maximum absolute atomic E-state index is 14.7. The average molecular weight is 684 g/mol. The number of likely N-dealkylation sites (tertiary alicyclic amines) is 1. The molecule has 1 aromatic heterocycles. The molecule has 0 bridgehead atoms. The summed E-state index contributed by atoms with van der Waals surface area (Å²) in [6.45, 7) is 0.612. The maximum Gasteiger partial charge on any atom is 0.471 e. The van der Waals surface area contributed by atoms with E-state index in [2.05, 4.69) is 15.6 Å². The van der Waals surface area contributed by atoms with E-state index in [4.69, 9.17) is 0 Å². The number of carbonyl (C=O) groups is 4. The summed E-state index contributed by atoms with van der Waals surface area (Å²) >= 11 is 0. The number of halogens is 5. The monoisotopic (exact) mass is 683 g/mol. The van der Waals surface area contributed by atoms with Gasteiger partial charge in [0, 0.05) is 24.0 Å². The van der Waals surface area contributed by atoms with Crippen LogP contribution >= 0.6 is 0 Å². The predicted octanol–water partition coefficient (Wildman–Crippen LogP) is 5.18. The van der Waals surface area contributed by atoms with Crippen molar-refractivity contribution >= 4 is 46.3 Å². The number of fused-ring (bicyclic) bond motifs is 2. The second-order valence-electron chi connectivity index (χ2n) is 12.7. The number of nitrogens with one attached hydrogen (secondary N) is 2. The lowest BCUT2D eigenvalue weighted by Crippen LogP contribution is -2.49. The fraction of sp³-hybridized carbons (Fsp3) is 0.400. The third-order valence-electron chi connectivity index (χ3n) is 9.04. The van der Waals surface area contributed by atoms with Crippen LogP contribution in [0.4, 0.5) is 27.6 Å². The Labute approximate surface area is 278 Å². The van der Waals surface area contributed by atoms with E-state index in [-0.39, 0.29) is 30.9 Å². The summed E-state index contributed by atoms with van der Waals surface area (Å²) in [5, 5.41) is 5.72. The number of aromatic nitrogens is 1. The molecule has 3 heterocycles. The molecule has 2 aromatic carbocycles. The number of amides is 4. The number of nitrogens with zero attached hydrogens (tertiary/aromatic N) is 3. The van der Waals surface area contributed by atoms with Gasteiger partial charge in [0.15, 0.2) is 0 Å². The molecule has 3 aromatic rings. The standard InChI is InChI=1S/C35H34F5N5O4/c1-19(26-16-29-23(13-21(26)7-6-20-4-5-20)3-2-12-44(29)34(49)35(38,39)40)42-33(48)30-15-25(37)18-45(30)31(46)17-41-32(47)28-10-8-22-14-24(36)9-11-27(22)43-28/h6-11,13-14,16,19-20,25,30H,2-5,12,15,17-18H2,1H3,(H,41,47)(H,42,48)/b7-6+/t19-,25+,30-/m0/s1. The van der Waals surface area contributed by atoms with E-state index in [0.717, 1.165) is 22.6 Å². The van der Waals surface area contributed by atoms with Crippen LogP contribution in [-0.2, 0) is 20.8 Å². The molecule has 1 saturated heterocycles. The van der Waals surface area contributed by atoms with Crippen LogP contribution in [0.3, 0.4) is 0 Å². The molecule has 2 fully saturated rings. The normalized spacial score (nSPS) is 20.0. The number of anilines is 1. The van der Waals surface area contributed by atoms with Crippen LogP contribution in [0.2, 0.25) is 0 Å². The number of pyridine rings is 1. The first-order valence-electron chi connectivity index (χ1n) is 16.1. The molecule has 0 radical (unpaired) electrons. The van der Waals surface area contributed by atoms with Crippen molar-refractivity contribution in [1.29, 1.82) is 0 Å². The molecule has 2 aliphatic heterocycles. The van der Waals surface area contributed by atoms with Crippen molar-refractivity contribution in [2.75, 3.05) is 24.5 Å². The zero-order valence-electron chi connectivity index (χ0n) is 26.5. The number of allylic oxidation sites excluding steroid dienone is 1. The van der Waals surface area contributed by atoms with Crippen molar-refractivity contribution < 1.29 is 41.1 Å². The Bertz CT molecular complexity index is 1840. The Kier molecular flexibility index (Phi) is 9.41. The average Bonchev–Trinajstić information content (AvgIpc) is 3.82. The minimum Gasteiger partial charge on any atom is -0.348 e. The zero-order valence-corrected chi connectivity index (χ0v) is 26.5. The Balaban J connectivity index is 1.17. The molecule has 14 heteroatoms. The van der Waals surface area contributed by atoms with Gasteiger partial charge in [-0.25, -0.2) is 13.8 Å². The number of aryl methyl sites for hydroxylation is 1. The van der Waals surface area contributed by atoms with E-state index in [1.807, 2.05) is 12.2 Å². The van der Waals surface area contributed by atoms with Gasteiger partial charge in [-0.05, 0) is 91.6 Å². The third-order valence-corrected chi connectivity index (χ3v) is 9.04. The second kappa shape index (κ2) is 13.6. The SMILES string of the molecule is C[C@H](NC(=O)[C@@H]1C[C@@H](F)CN1C(=O)CNC(=O)c1ccc2cc(F)ccc2n1)c1cc2c(cc1/C=C/C1CC1)CCCN2C(=O)C(F)(F)F. The molecule has 9 nitrogen and oxygen atoms in total. The van der Waals surface area contributed by atoms with Crippen LogP contribution < -0.4 is 15.5 Å². The fourth-order valence-corrected chi connectivity index (χ4v) is 6.35. The number of rotatable bonds is 8. The molecule has 1 saturated carbocycles. The largest absolute Gasteiger partial charge is 0.471 e. The van der Waals surface area contributed by atoms with Crippen molar-refractivity contribution in [2.45, 2.75) is 63.5 Å². The highest BCUT2D eigenvalue weighted by atomic mass is 19.4. The molecule has 4 amide bonds.